The number of nitriles is 2. The van der Waals surface area contributed by atoms with Crippen LogP contribution in [0.25, 0.3) is 11.1 Å². The van der Waals surface area contributed by atoms with Crippen molar-refractivity contribution >= 4 is 129 Å². The van der Waals surface area contributed by atoms with E-state index in [-0.39, 0.29) is 129 Å². The van der Waals surface area contributed by atoms with Gasteiger partial charge < -0.3 is 96.6 Å². The van der Waals surface area contributed by atoms with Gasteiger partial charge in [0.15, 0.2) is 71.0 Å². The molecule has 0 saturated carbocycles. The molecule has 32 nitrogen and oxygen atoms in total. The molecule has 135 heavy (non-hydrogen) atoms. The summed E-state index contributed by atoms with van der Waals surface area (Å²) in [4.78, 5) is 94.2. The van der Waals surface area contributed by atoms with Gasteiger partial charge in [0.1, 0.15) is 56.3 Å². The van der Waals surface area contributed by atoms with E-state index in [2.05, 4.69) is 74.4 Å². The Morgan fingerprint density at radius 3 is 1.72 bits per heavy atom. The molecular weight excluding hydrogens is 1910 g/mol. The highest BCUT2D eigenvalue weighted by Gasteiger charge is 2.66. The summed E-state index contributed by atoms with van der Waals surface area (Å²) in [6, 6.07) is 16.6. The normalized spacial score (nSPS) is 24.1. The average molecular weight is 2030 g/mol. The summed E-state index contributed by atoms with van der Waals surface area (Å²) in [7, 11) is 18.0. The van der Waals surface area contributed by atoms with Gasteiger partial charge in [-0.15, -0.1) is 11.8 Å². The second-order valence-electron chi connectivity index (χ2n) is 33.5. The van der Waals surface area contributed by atoms with Crippen LogP contribution in [0.5, 0.6) is 40.2 Å². The molecule has 9 aliphatic heterocycles. The number of fused-ring (bicyclic) bond motifs is 20. The van der Waals surface area contributed by atoms with E-state index in [0.717, 1.165) is 61.5 Å². The molecule has 0 spiro atoms. The lowest BCUT2D eigenvalue weighted by Gasteiger charge is -2.62. The maximum Gasteiger partial charge on any atom is 0.408 e. The van der Waals surface area contributed by atoms with Crippen molar-refractivity contribution in [3.05, 3.63) is 157 Å². The summed E-state index contributed by atoms with van der Waals surface area (Å²) in [5.74, 6) is 2.26. The van der Waals surface area contributed by atoms with Gasteiger partial charge in [-0.1, -0.05) is 174 Å². The molecule has 9 heterocycles. The number of ketones is 1. The van der Waals surface area contributed by atoms with E-state index < -0.39 is 141 Å². The third-order valence-corrected chi connectivity index (χ3v) is 28.6. The minimum Gasteiger partial charge on any atom is -0.493 e. The number of esters is 3. The number of methoxy groups -OCH3 is 4. The molecule has 6 bridgehead atoms. The minimum absolute atomic E-state index is 0. The summed E-state index contributed by atoms with van der Waals surface area (Å²) < 4.78 is 83.9. The number of carbonyl (C=O) groups excluding carboxylic acids is 6. The van der Waals surface area contributed by atoms with E-state index in [4.69, 9.17) is 141 Å². The van der Waals surface area contributed by atoms with Crippen LogP contribution >= 0.6 is 93.1 Å². The first kappa shape index (κ1) is 110. The van der Waals surface area contributed by atoms with Gasteiger partial charge in [-0.2, -0.15) is 22.3 Å². The summed E-state index contributed by atoms with van der Waals surface area (Å²) >= 11 is 37.8. The Kier molecular flexibility index (Phi) is 36.5. The number of nitrogens with one attached hydrogen (secondary N) is 2. The highest BCUT2D eigenvalue weighted by molar-refractivity contribution is 7.99. The van der Waals surface area contributed by atoms with Crippen LogP contribution in [0.2, 0.25) is 0 Å². The fourth-order valence-electron chi connectivity index (χ4n) is 20.1. The van der Waals surface area contributed by atoms with E-state index >= 15 is 0 Å². The molecule has 738 valence electrons. The lowest BCUT2D eigenvalue weighted by atomic mass is 9.65. The molecule has 6 unspecified atom stereocenters. The van der Waals surface area contributed by atoms with Crippen LogP contribution in [-0.4, -0.2) is 280 Å². The zero-order valence-electron chi connectivity index (χ0n) is 74.1. The van der Waals surface area contributed by atoms with Crippen LogP contribution in [0.3, 0.4) is 0 Å². The second kappa shape index (κ2) is 44.9. The SMILES string of the molecule is C.C.C.C.C.C=C(N(C)C)N(C)C.COCOc1c(OC)c(C)cc2c1[C@@H]1C3CC4(O)C(=O)C(C)=C5OCOC5=C4[C@H](COC(=O)[C@@H](CSCC4c5ccccc5-c5ccccc54)NC(=O)OCC(Cl)(Cl)Cl)N3C(C#N)[C@H](C2)N1C.COCOc1c(OC)c(C)cc2c1[C@@H]1C3[C@@H]4SCC(NC(=O)OCC(Cl)(Cl)Cl)C(=O)OC[C@@H](c5c6c(c(C)c(OC(C)=O)c54)OCO6)N3C(C#N)[C@H](C2)N1C. The second-order valence-corrected chi connectivity index (χ2v) is 40.7. The lowest BCUT2D eigenvalue weighted by Crippen LogP contribution is -2.74. The fourth-order valence-corrected chi connectivity index (χ4v) is 23.1. The number of hydrogen-bond acceptors (Lipinski definition) is 32. The number of aliphatic hydroxyl groups is 1. The van der Waals surface area contributed by atoms with E-state index in [1.165, 1.54) is 44.7 Å². The van der Waals surface area contributed by atoms with Gasteiger partial charge in [-0.05, 0) is 99.1 Å². The molecule has 2 amide bonds. The van der Waals surface area contributed by atoms with Crippen LogP contribution in [0, 0.1) is 43.4 Å². The summed E-state index contributed by atoms with van der Waals surface area (Å²) in [5.41, 5.74) is 9.67. The van der Waals surface area contributed by atoms with Crippen LogP contribution in [-0.2, 0) is 69.9 Å². The van der Waals surface area contributed by atoms with Crippen molar-refractivity contribution in [2.24, 2.45) is 0 Å². The highest BCUT2D eigenvalue weighted by atomic mass is 35.6. The number of thioether (sulfide) groups is 2. The first-order valence-electron chi connectivity index (χ1n) is 41.7. The number of cyclic esters (lactones) is 1. The van der Waals surface area contributed by atoms with Crippen molar-refractivity contribution in [2.45, 2.75) is 188 Å². The molecule has 2 aliphatic carbocycles. The van der Waals surface area contributed by atoms with E-state index in [9.17, 15) is 44.4 Å². The number of likely N-dealkylation sites (N-methyl/N-ethyl adjacent to an activating group) is 2. The number of alkyl carbamates (subject to hydrolysis) is 2. The lowest BCUT2D eigenvalue weighted by molar-refractivity contribution is -0.159. The minimum atomic E-state index is -2.18. The van der Waals surface area contributed by atoms with Crippen molar-refractivity contribution in [1.29, 1.82) is 10.5 Å². The Bertz CT molecular complexity index is 5380. The Labute approximate surface area is 828 Å². The first-order valence-corrected chi connectivity index (χ1v) is 46.1. The number of piperazine rings is 2. The molecule has 14 atom stereocenters. The quantitative estimate of drug-likeness (QED) is 0.0190. The average Bonchev–Trinajstić information content (AvgIpc) is 1.62. The molecule has 3 N–H and O–H groups in total. The molecule has 5 aromatic rings. The number of aryl methyl sites for hydroxylation is 2. The number of piperidine rings is 1. The van der Waals surface area contributed by atoms with Gasteiger partial charge in [-0.3, -0.25) is 29.2 Å². The molecule has 5 saturated heterocycles. The molecule has 11 aliphatic rings. The number of nitrogens with zero attached hydrogens (tertiary/aromatic N) is 8. The Morgan fingerprint density at radius 2 is 1.19 bits per heavy atom. The Morgan fingerprint density at radius 1 is 0.674 bits per heavy atom. The van der Waals surface area contributed by atoms with Gasteiger partial charge >= 0.3 is 30.1 Å². The summed E-state index contributed by atoms with van der Waals surface area (Å²) in [6.07, 6.45) is -1.24. The van der Waals surface area contributed by atoms with Crippen LogP contribution in [0.15, 0.2) is 95.7 Å². The van der Waals surface area contributed by atoms with Crippen LogP contribution in [0.4, 0.5) is 9.59 Å². The zero-order chi connectivity index (χ0) is 93.8. The summed E-state index contributed by atoms with van der Waals surface area (Å²) in [6.45, 7) is 9.99. The van der Waals surface area contributed by atoms with Crippen molar-refractivity contribution in [3.63, 3.8) is 0 Å². The smallest absolute Gasteiger partial charge is 0.408 e. The van der Waals surface area contributed by atoms with Crippen molar-refractivity contribution in [1.82, 2.24) is 40.0 Å². The predicted molar refractivity (Wildman–Crippen MR) is 518 cm³/mol. The zero-order valence-corrected chi connectivity index (χ0v) is 80.3. The predicted octanol–water partition coefficient (Wildman–Crippen LogP) is 15.4. The summed E-state index contributed by atoms with van der Waals surface area (Å²) in [5, 5.41) is 39.8. The van der Waals surface area contributed by atoms with Crippen molar-refractivity contribution in [3.8, 4) is 63.5 Å². The van der Waals surface area contributed by atoms with Gasteiger partial charge in [0.25, 0.3) is 0 Å². The number of hydrogen-bond donors (Lipinski definition) is 3. The van der Waals surface area contributed by atoms with Crippen molar-refractivity contribution in [2.75, 3.05) is 142 Å². The van der Waals surface area contributed by atoms with Gasteiger partial charge in [-0.25, -0.2) is 19.2 Å². The van der Waals surface area contributed by atoms with Gasteiger partial charge in [0.05, 0.1) is 61.6 Å². The number of alkyl halides is 6. The monoisotopic (exact) mass is 2030 g/mol. The van der Waals surface area contributed by atoms with Crippen LogP contribution in [0.1, 0.15) is 148 Å². The number of Topliss-reactive ketones (excluding diaryl/α,β-unsaturated/α-hetero) is 1. The number of carbonyl (C=O) groups is 6. The van der Waals surface area contributed by atoms with E-state index in [1.54, 1.807) is 28.1 Å². The largest absolute Gasteiger partial charge is 0.493 e. The Hall–Kier alpha value is -8.92. The van der Waals surface area contributed by atoms with Gasteiger partial charge in [0, 0.05) is 142 Å². The number of benzene rings is 5. The number of halogens is 6. The molecule has 5 aromatic carbocycles. The highest BCUT2D eigenvalue weighted by Crippen LogP contribution is 2.65. The van der Waals surface area contributed by atoms with E-state index in [1.807, 2.05) is 101 Å². The van der Waals surface area contributed by atoms with Gasteiger partial charge in [0.2, 0.25) is 21.2 Å². The number of rotatable bonds is 22. The maximum absolute atomic E-state index is 14.6. The van der Waals surface area contributed by atoms with E-state index in [0.29, 0.717) is 69.8 Å². The third kappa shape index (κ3) is 21.2. The Balaban J connectivity index is 0.000000275. The third-order valence-electron chi connectivity index (χ3n) is 25.4. The molecule has 0 radical (unpaired) electrons. The first-order chi connectivity index (χ1) is 61.9. The van der Waals surface area contributed by atoms with Crippen molar-refractivity contribution < 1.29 is 105 Å². The number of amides is 2. The molecular formula is C95H122Cl6N10O22S2. The maximum atomic E-state index is 14.6. The standard InChI is InChI=1S/C48H49Cl3N4O11S.C36H39Cl3N4O11S.C6H14N2.5CH4/c1-24-14-26-15-33-35(17-52)55-34(39(54(33)3)37(26)42(40(24)61-5)64-22-60-4)16-47(59)38(43-41(65-23-66-43)25(2)44(47)56)36(55)18-62-45(57)32(53-46(58)63-21-48(49,50)51)20-67-19-31-29-12-8-6-10-27(29)28-11-7-9-13-30(28)31;1-15-7-18-8-20-21(9-40)43-22-10-49-34(45)19(41-35(46)50-12-36(37,38)39)11-55-33(25-24(22)32-30(52-14-53-32)16(2)29(25)54-17(3)44)27(43)26(42(20)4)23(18)31(28(15)48-6)51-13-47-5;1-6(7(2)3)8(4)5;;;;;/h6-14,31-36,39,59H,15-16,18-23H2,1-5H3,(H,53,58);7,19-22,26-27,33H,8,10-14H2,1-6H3,(H,41,46);1H2,2-5H3;5*1H4/t32-,33+,34?,35?,36+,39+,47?;19?,20-,21?,22-,26+,27?,33+;;;;;;/m10....../s1. The fraction of sp³-hybridized carbons (Fsp3) is 0.537. The van der Waals surface area contributed by atoms with Crippen LogP contribution < -0.4 is 43.8 Å². The number of ether oxygens (including phenoxy) is 15. The molecule has 16 rings (SSSR count). The molecule has 40 heteroatoms. The molecule has 0 aromatic heterocycles. The molecule has 5 fully saturated rings. The topological polar surface area (TPSA) is 352 Å².